The number of methoxy groups -OCH3 is 1. The van der Waals surface area contributed by atoms with Crippen LogP contribution in [-0.4, -0.2) is 49.7 Å². The predicted octanol–water partition coefficient (Wildman–Crippen LogP) is 1.65. The Kier molecular flexibility index (Phi) is 5.60. The van der Waals surface area contributed by atoms with Crippen LogP contribution >= 0.6 is 0 Å². The van der Waals surface area contributed by atoms with E-state index in [4.69, 9.17) is 4.74 Å². The molecular formula is C14H28N2O2. The number of carbonyl (C=O) groups is 1. The Labute approximate surface area is 111 Å². The van der Waals surface area contributed by atoms with E-state index < -0.39 is 0 Å². The maximum Gasteiger partial charge on any atom is 0.239 e. The summed E-state index contributed by atoms with van der Waals surface area (Å²) in [4.78, 5) is 14.2. The third-order valence-electron chi connectivity index (χ3n) is 3.43. The fourth-order valence-corrected chi connectivity index (χ4v) is 2.43. The van der Waals surface area contributed by atoms with Crippen molar-refractivity contribution in [2.45, 2.75) is 52.6 Å². The minimum absolute atomic E-state index is 0.0169. The molecule has 4 nitrogen and oxygen atoms in total. The smallest absolute Gasteiger partial charge is 0.239 e. The number of carbonyl (C=O) groups excluding carboxylic acids is 1. The molecule has 0 spiro atoms. The lowest BCUT2D eigenvalue weighted by Gasteiger charge is -2.30. The van der Waals surface area contributed by atoms with Crippen LogP contribution in [-0.2, 0) is 9.53 Å². The Hall–Kier alpha value is -0.610. The SMILES string of the molecule is COCCC(C)(C)CN1CCC(NC(C)C)C1=O. The lowest BCUT2D eigenvalue weighted by molar-refractivity contribution is -0.130. The van der Waals surface area contributed by atoms with Gasteiger partial charge < -0.3 is 15.0 Å². The number of ether oxygens (including phenoxy) is 1. The molecule has 1 aliphatic heterocycles. The number of hydrogen-bond acceptors (Lipinski definition) is 3. The zero-order valence-electron chi connectivity index (χ0n) is 12.5. The molecule has 1 aliphatic rings. The quantitative estimate of drug-likeness (QED) is 0.753. The number of hydrogen-bond donors (Lipinski definition) is 1. The van der Waals surface area contributed by atoms with Crippen molar-refractivity contribution >= 4 is 5.91 Å². The molecule has 1 amide bonds. The summed E-state index contributed by atoms with van der Waals surface area (Å²) in [5.41, 5.74) is 0.123. The van der Waals surface area contributed by atoms with Crippen molar-refractivity contribution in [1.29, 1.82) is 0 Å². The summed E-state index contributed by atoms with van der Waals surface area (Å²) in [5, 5.41) is 3.33. The molecule has 1 N–H and O–H groups in total. The molecule has 1 heterocycles. The molecule has 1 atom stereocenters. The average molecular weight is 256 g/mol. The molecule has 0 aromatic rings. The molecular weight excluding hydrogens is 228 g/mol. The van der Waals surface area contributed by atoms with Gasteiger partial charge in [-0.15, -0.1) is 0 Å². The fraction of sp³-hybridized carbons (Fsp3) is 0.929. The molecule has 0 aromatic heterocycles. The highest BCUT2D eigenvalue weighted by molar-refractivity contribution is 5.84. The average Bonchev–Trinajstić information content (AvgIpc) is 2.58. The van der Waals surface area contributed by atoms with Crippen LogP contribution in [0.4, 0.5) is 0 Å². The molecule has 18 heavy (non-hydrogen) atoms. The van der Waals surface area contributed by atoms with Gasteiger partial charge in [-0.25, -0.2) is 0 Å². The maximum atomic E-state index is 12.2. The van der Waals surface area contributed by atoms with Crippen LogP contribution in [0.3, 0.4) is 0 Å². The van der Waals surface area contributed by atoms with Crippen molar-refractivity contribution in [3.05, 3.63) is 0 Å². The lowest BCUT2D eigenvalue weighted by atomic mass is 9.89. The molecule has 4 heteroatoms. The standard InChI is InChI=1S/C14H28N2O2/c1-11(2)15-12-6-8-16(13(12)17)10-14(3,4)7-9-18-5/h11-12,15H,6-10H2,1-5H3. The third kappa shape index (κ3) is 4.58. The Morgan fingerprint density at radius 3 is 2.72 bits per heavy atom. The van der Waals surface area contributed by atoms with Crippen LogP contribution in [0, 0.1) is 5.41 Å². The Morgan fingerprint density at radius 2 is 2.17 bits per heavy atom. The maximum absolute atomic E-state index is 12.2. The van der Waals surface area contributed by atoms with Crippen LogP contribution in [0.5, 0.6) is 0 Å². The minimum atomic E-state index is 0.0169. The topological polar surface area (TPSA) is 41.6 Å². The highest BCUT2D eigenvalue weighted by Crippen LogP contribution is 2.24. The van der Waals surface area contributed by atoms with Gasteiger partial charge in [0.1, 0.15) is 0 Å². The predicted molar refractivity (Wildman–Crippen MR) is 73.5 cm³/mol. The van der Waals surface area contributed by atoms with E-state index in [1.807, 2.05) is 4.90 Å². The van der Waals surface area contributed by atoms with Crippen LogP contribution < -0.4 is 5.32 Å². The molecule has 0 aromatic carbocycles. The van der Waals surface area contributed by atoms with E-state index in [2.05, 4.69) is 33.0 Å². The summed E-state index contributed by atoms with van der Waals surface area (Å²) in [6.07, 6.45) is 1.91. The number of likely N-dealkylation sites (tertiary alicyclic amines) is 1. The molecule has 0 saturated carbocycles. The van der Waals surface area contributed by atoms with E-state index in [-0.39, 0.29) is 17.4 Å². The van der Waals surface area contributed by atoms with Crippen LogP contribution in [0.1, 0.15) is 40.5 Å². The molecule has 1 saturated heterocycles. The van der Waals surface area contributed by atoms with Crippen molar-refractivity contribution in [2.24, 2.45) is 5.41 Å². The molecule has 1 rings (SSSR count). The van der Waals surface area contributed by atoms with Crippen molar-refractivity contribution in [1.82, 2.24) is 10.2 Å². The van der Waals surface area contributed by atoms with Crippen LogP contribution in [0.2, 0.25) is 0 Å². The second-order valence-electron chi connectivity index (χ2n) is 6.33. The zero-order chi connectivity index (χ0) is 13.8. The Morgan fingerprint density at radius 1 is 1.50 bits per heavy atom. The normalized spacial score (nSPS) is 21.1. The summed E-state index contributed by atoms with van der Waals surface area (Å²) in [6, 6.07) is 0.378. The summed E-state index contributed by atoms with van der Waals surface area (Å²) in [7, 11) is 1.72. The first kappa shape index (κ1) is 15.4. The van der Waals surface area contributed by atoms with Gasteiger partial charge in [-0.1, -0.05) is 27.7 Å². The molecule has 0 radical (unpaired) electrons. The van der Waals surface area contributed by atoms with E-state index in [1.165, 1.54) is 0 Å². The van der Waals surface area contributed by atoms with Gasteiger partial charge in [0.25, 0.3) is 0 Å². The van der Waals surface area contributed by atoms with E-state index in [0.717, 1.165) is 32.5 Å². The van der Waals surface area contributed by atoms with Gasteiger partial charge in [0.05, 0.1) is 6.04 Å². The van der Waals surface area contributed by atoms with E-state index >= 15 is 0 Å². The number of rotatable bonds is 7. The Balaban J connectivity index is 2.47. The zero-order valence-corrected chi connectivity index (χ0v) is 12.5. The molecule has 0 aliphatic carbocycles. The summed E-state index contributed by atoms with van der Waals surface area (Å²) in [6.45, 7) is 11.0. The van der Waals surface area contributed by atoms with E-state index in [9.17, 15) is 4.79 Å². The first-order valence-corrected chi connectivity index (χ1v) is 6.89. The van der Waals surface area contributed by atoms with Gasteiger partial charge in [-0.2, -0.15) is 0 Å². The van der Waals surface area contributed by atoms with Gasteiger partial charge in [-0.05, 0) is 18.3 Å². The minimum Gasteiger partial charge on any atom is -0.385 e. The summed E-state index contributed by atoms with van der Waals surface area (Å²) >= 11 is 0. The van der Waals surface area contributed by atoms with E-state index in [1.54, 1.807) is 7.11 Å². The van der Waals surface area contributed by atoms with Crippen molar-refractivity contribution in [2.75, 3.05) is 26.8 Å². The van der Waals surface area contributed by atoms with Crippen molar-refractivity contribution < 1.29 is 9.53 Å². The highest BCUT2D eigenvalue weighted by Gasteiger charge is 2.34. The summed E-state index contributed by atoms with van der Waals surface area (Å²) in [5.74, 6) is 0.259. The largest absolute Gasteiger partial charge is 0.385 e. The van der Waals surface area contributed by atoms with Gasteiger partial charge in [0, 0.05) is 32.8 Å². The second kappa shape index (κ2) is 6.53. The van der Waals surface area contributed by atoms with E-state index in [0.29, 0.717) is 6.04 Å². The number of nitrogens with one attached hydrogen (secondary N) is 1. The van der Waals surface area contributed by atoms with Gasteiger partial charge in [0.2, 0.25) is 5.91 Å². The van der Waals surface area contributed by atoms with Crippen molar-refractivity contribution in [3.8, 4) is 0 Å². The second-order valence-corrected chi connectivity index (χ2v) is 6.33. The van der Waals surface area contributed by atoms with Crippen molar-refractivity contribution in [3.63, 3.8) is 0 Å². The molecule has 1 fully saturated rings. The van der Waals surface area contributed by atoms with Crippen LogP contribution in [0.25, 0.3) is 0 Å². The summed E-state index contributed by atoms with van der Waals surface area (Å²) < 4.78 is 5.13. The van der Waals surface area contributed by atoms with Gasteiger partial charge >= 0.3 is 0 Å². The van der Waals surface area contributed by atoms with Gasteiger partial charge in [0.15, 0.2) is 0 Å². The monoisotopic (exact) mass is 256 g/mol. The lowest BCUT2D eigenvalue weighted by Crippen LogP contribution is -2.43. The first-order valence-electron chi connectivity index (χ1n) is 6.89. The molecule has 106 valence electrons. The highest BCUT2D eigenvalue weighted by atomic mass is 16.5. The van der Waals surface area contributed by atoms with Gasteiger partial charge in [-0.3, -0.25) is 4.79 Å². The third-order valence-corrected chi connectivity index (χ3v) is 3.43. The number of nitrogens with zero attached hydrogens (tertiary/aromatic N) is 1. The van der Waals surface area contributed by atoms with Crippen LogP contribution in [0.15, 0.2) is 0 Å². The fourth-order valence-electron chi connectivity index (χ4n) is 2.43. The number of amides is 1. The molecule has 1 unspecified atom stereocenters. The Bertz CT molecular complexity index is 277. The first-order chi connectivity index (χ1) is 8.35. The molecule has 0 bridgehead atoms.